The van der Waals surface area contributed by atoms with Gasteiger partial charge in [-0.15, -0.1) is 0 Å². The van der Waals surface area contributed by atoms with Crippen LogP contribution in [-0.2, 0) is 6.61 Å². The predicted molar refractivity (Wildman–Crippen MR) is 73.6 cm³/mol. The molecule has 0 aliphatic rings. The van der Waals surface area contributed by atoms with Crippen LogP contribution in [0.3, 0.4) is 0 Å². The maximum atomic E-state index is 5.89. The highest BCUT2D eigenvalue weighted by atomic mass is 16.5. The molecule has 94 valence electrons. The molecule has 0 saturated carbocycles. The molecule has 1 heterocycles. The van der Waals surface area contributed by atoms with Crippen molar-refractivity contribution in [3.05, 3.63) is 52.8 Å². The summed E-state index contributed by atoms with van der Waals surface area (Å²) in [5, 5.41) is 0. The summed E-state index contributed by atoms with van der Waals surface area (Å²) in [7, 11) is 0. The second-order valence-electron chi connectivity index (χ2n) is 4.59. The minimum atomic E-state index is 0.514. The zero-order valence-corrected chi connectivity index (χ0v) is 11.0. The molecule has 0 bridgehead atoms. The Hall–Kier alpha value is -2.03. The fraction of sp³-hybridized carbons (Fsp3) is 0.267. The van der Waals surface area contributed by atoms with Crippen molar-refractivity contribution < 1.29 is 4.74 Å². The number of pyridine rings is 1. The molecule has 0 unspecified atom stereocenters. The number of nitrogen functional groups attached to an aromatic ring is 1. The van der Waals surface area contributed by atoms with Gasteiger partial charge in [0.15, 0.2) is 0 Å². The van der Waals surface area contributed by atoms with Crippen molar-refractivity contribution in [1.82, 2.24) is 4.98 Å². The SMILES string of the molecule is Cc1cncc(COc2c(C)ccc(N)c2C)c1. The van der Waals surface area contributed by atoms with E-state index in [-0.39, 0.29) is 0 Å². The van der Waals surface area contributed by atoms with E-state index in [0.717, 1.165) is 33.7 Å². The summed E-state index contributed by atoms with van der Waals surface area (Å²) in [5.41, 5.74) is 10.9. The monoisotopic (exact) mass is 242 g/mol. The van der Waals surface area contributed by atoms with E-state index in [1.807, 2.05) is 45.3 Å². The van der Waals surface area contributed by atoms with E-state index in [2.05, 4.69) is 11.1 Å². The van der Waals surface area contributed by atoms with Crippen molar-refractivity contribution in [2.24, 2.45) is 0 Å². The Morgan fingerprint density at radius 3 is 2.67 bits per heavy atom. The van der Waals surface area contributed by atoms with Crippen molar-refractivity contribution in [1.29, 1.82) is 0 Å². The number of hydrogen-bond donors (Lipinski definition) is 1. The number of nitrogens with two attached hydrogens (primary N) is 1. The summed E-state index contributed by atoms with van der Waals surface area (Å²) in [6.45, 7) is 6.54. The lowest BCUT2D eigenvalue weighted by Gasteiger charge is -2.13. The lowest BCUT2D eigenvalue weighted by molar-refractivity contribution is 0.301. The molecule has 2 N–H and O–H groups in total. The molecule has 0 saturated heterocycles. The van der Waals surface area contributed by atoms with Crippen LogP contribution in [-0.4, -0.2) is 4.98 Å². The number of ether oxygens (including phenoxy) is 1. The smallest absolute Gasteiger partial charge is 0.127 e. The Kier molecular flexibility index (Phi) is 3.51. The summed E-state index contributed by atoms with van der Waals surface area (Å²) in [6.07, 6.45) is 3.66. The van der Waals surface area contributed by atoms with Gasteiger partial charge in [0.25, 0.3) is 0 Å². The number of nitrogens with zero attached hydrogens (tertiary/aromatic N) is 1. The third-order valence-corrected chi connectivity index (χ3v) is 2.96. The molecule has 0 atom stereocenters. The van der Waals surface area contributed by atoms with E-state index in [9.17, 15) is 0 Å². The first-order valence-corrected chi connectivity index (χ1v) is 5.97. The Labute approximate surface area is 108 Å². The molecule has 0 aliphatic carbocycles. The number of aryl methyl sites for hydroxylation is 2. The first-order chi connectivity index (χ1) is 8.58. The summed E-state index contributed by atoms with van der Waals surface area (Å²) < 4.78 is 5.87. The van der Waals surface area contributed by atoms with Gasteiger partial charge in [-0.2, -0.15) is 0 Å². The maximum Gasteiger partial charge on any atom is 0.127 e. The van der Waals surface area contributed by atoms with Crippen LogP contribution in [0, 0.1) is 20.8 Å². The molecule has 0 fully saturated rings. The van der Waals surface area contributed by atoms with Crippen LogP contribution in [0.25, 0.3) is 0 Å². The molecular weight excluding hydrogens is 224 g/mol. The first-order valence-electron chi connectivity index (χ1n) is 5.97. The largest absolute Gasteiger partial charge is 0.488 e. The standard InChI is InChI=1S/C15H18N2O/c1-10-6-13(8-17-7-10)9-18-15-11(2)4-5-14(16)12(15)3/h4-8H,9,16H2,1-3H3. The fourth-order valence-electron chi connectivity index (χ4n) is 1.92. The van der Waals surface area contributed by atoms with Gasteiger partial charge < -0.3 is 10.5 Å². The van der Waals surface area contributed by atoms with E-state index >= 15 is 0 Å². The average Bonchev–Trinajstić information content (AvgIpc) is 2.34. The van der Waals surface area contributed by atoms with Crippen LogP contribution in [0.15, 0.2) is 30.6 Å². The van der Waals surface area contributed by atoms with E-state index in [1.54, 1.807) is 0 Å². The van der Waals surface area contributed by atoms with Crippen molar-refractivity contribution in [2.45, 2.75) is 27.4 Å². The van der Waals surface area contributed by atoms with Crippen molar-refractivity contribution in [2.75, 3.05) is 5.73 Å². The maximum absolute atomic E-state index is 5.89. The molecule has 0 radical (unpaired) electrons. The van der Waals surface area contributed by atoms with Gasteiger partial charge in [0.05, 0.1) is 0 Å². The van der Waals surface area contributed by atoms with Crippen LogP contribution in [0.2, 0.25) is 0 Å². The molecular formula is C15H18N2O. The molecule has 0 spiro atoms. The summed E-state index contributed by atoms with van der Waals surface area (Å²) in [5.74, 6) is 0.872. The average molecular weight is 242 g/mol. The second-order valence-corrected chi connectivity index (χ2v) is 4.59. The van der Waals surface area contributed by atoms with Gasteiger partial charge in [0.2, 0.25) is 0 Å². The summed E-state index contributed by atoms with van der Waals surface area (Å²) in [6, 6.07) is 5.96. The zero-order chi connectivity index (χ0) is 13.1. The molecule has 2 rings (SSSR count). The molecule has 0 aliphatic heterocycles. The van der Waals surface area contributed by atoms with Gasteiger partial charge in [-0.25, -0.2) is 0 Å². The third kappa shape index (κ3) is 2.62. The van der Waals surface area contributed by atoms with Crippen LogP contribution in [0.5, 0.6) is 5.75 Å². The topological polar surface area (TPSA) is 48.1 Å². The molecule has 0 amide bonds. The molecule has 1 aromatic heterocycles. The fourth-order valence-corrected chi connectivity index (χ4v) is 1.92. The van der Waals surface area contributed by atoms with E-state index < -0.39 is 0 Å². The number of anilines is 1. The number of benzene rings is 1. The van der Waals surface area contributed by atoms with Crippen molar-refractivity contribution in [3.8, 4) is 5.75 Å². The number of rotatable bonds is 3. The van der Waals surface area contributed by atoms with Gasteiger partial charge in [0, 0.05) is 29.2 Å². The van der Waals surface area contributed by atoms with Gasteiger partial charge in [0.1, 0.15) is 12.4 Å². The minimum absolute atomic E-state index is 0.514. The summed E-state index contributed by atoms with van der Waals surface area (Å²) >= 11 is 0. The van der Waals surface area contributed by atoms with Gasteiger partial charge in [-0.3, -0.25) is 4.98 Å². The van der Waals surface area contributed by atoms with Crippen molar-refractivity contribution in [3.63, 3.8) is 0 Å². The van der Waals surface area contributed by atoms with Crippen LogP contribution in [0.1, 0.15) is 22.3 Å². The Morgan fingerprint density at radius 1 is 1.17 bits per heavy atom. The first kappa shape index (κ1) is 12.4. The van der Waals surface area contributed by atoms with Crippen LogP contribution >= 0.6 is 0 Å². The zero-order valence-electron chi connectivity index (χ0n) is 11.0. The third-order valence-electron chi connectivity index (χ3n) is 2.96. The molecule has 3 nitrogen and oxygen atoms in total. The Balaban J connectivity index is 2.18. The highest BCUT2D eigenvalue weighted by Gasteiger charge is 2.07. The number of aromatic nitrogens is 1. The van der Waals surface area contributed by atoms with Crippen molar-refractivity contribution >= 4 is 5.69 Å². The normalized spacial score (nSPS) is 10.4. The lowest BCUT2D eigenvalue weighted by Crippen LogP contribution is -2.01. The quantitative estimate of drug-likeness (QED) is 0.841. The summed E-state index contributed by atoms with van der Waals surface area (Å²) in [4.78, 5) is 4.15. The van der Waals surface area contributed by atoms with Gasteiger partial charge in [-0.05, 0) is 44.0 Å². The van der Waals surface area contributed by atoms with E-state index in [1.165, 1.54) is 0 Å². The highest BCUT2D eigenvalue weighted by molar-refractivity contribution is 5.56. The Morgan fingerprint density at radius 2 is 1.94 bits per heavy atom. The van der Waals surface area contributed by atoms with Crippen LogP contribution in [0.4, 0.5) is 5.69 Å². The van der Waals surface area contributed by atoms with Gasteiger partial charge in [-0.1, -0.05) is 6.07 Å². The lowest BCUT2D eigenvalue weighted by atomic mass is 10.1. The predicted octanol–water partition coefficient (Wildman–Crippen LogP) is 3.17. The Bertz CT molecular complexity index is 564. The number of hydrogen-bond acceptors (Lipinski definition) is 3. The second kappa shape index (κ2) is 5.08. The molecule has 2 aromatic rings. The van der Waals surface area contributed by atoms with E-state index in [4.69, 9.17) is 10.5 Å². The van der Waals surface area contributed by atoms with Crippen LogP contribution < -0.4 is 10.5 Å². The molecule has 3 heteroatoms. The molecule has 18 heavy (non-hydrogen) atoms. The molecule has 1 aromatic carbocycles. The highest BCUT2D eigenvalue weighted by Crippen LogP contribution is 2.28. The van der Waals surface area contributed by atoms with Gasteiger partial charge >= 0.3 is 0 Å². The minimum Gasteiger partial charge on any atom is -0.488 e. The van der Waals surface area contributed by atoms with E-state index in [0.29, 0.717) is 6.61 Å².